The van der Waals surface area contributed by atoms with Crippen LogP contribution in [-0.2, 0) is 0 Å². The molecule has 0 bridgehead atoms. The van der Waals surface area contributed by atoms with Crippen LogP contribution in [0.15, 0.2) is 22.7 Å². The van der Waals surface area contributed by atoms with Gasteiger partial charge in [-0.2, -0.15) is 0 Å². The maximum atomic E-state index is 12.2. The van der Waals surface area contributed by atoms with Crippen molar-refractivity contribution in [2.24, 2.45) is 0 Å². The van der Waals surface area contributed by atoms with Gasteiger partial charge in [-0.25, -0.2) is 0 Å². The Labute approximate surface area is 121 Å². The van der Waals surface area contributed by atoms with Gasteiger partial charge in [0.25, 0.3) is 5.91 Å². The van der Waals surface area contributed by atoms with Crippen molar-refractivity contribution in [3.8, 4) is 0 Å². The van der Waals surface area contributed by atoms with Crippen molar-refractivity contribution >= 4 is 33.4 Å². The first-order valence-corrected chi connectivity index (χ1v) is 6.97. The summed E-state index contributed by atoms with van der Waals surface area (Å²) in [7, 11) is 0. The Morgan fingerprint density at radius 1 is 1.56 bits per heavy atom. The summed E-state index contributed by atoms with van der Waals surface area (Å²) in [5, 5.41) is 12.6. The minimum Gasteiger partial charge on any atom is -0.396 e. The molecule has 3 nitrogen and oxygen atoms in total. The molecule has 1 aromatic rings. The van der Waals surface area contributed by atoms with Crippen LogP contribution < -0.4 is 5.32 Å². The molecule has 0 spiro atoms. The van der Waals surface area contributed by atoms with Gasteiger partial charge >= 0.3 is 0 Å². The Morgan fingerprint density at radius 3 is 2.72 bits per heavy atom. The van der Waals surface area contributed by atoms with E-state index in [4.69, 9.17) is 16.7 Å². The Hall–Kier alpha value is -0.580. The second-order valence-corrected chi connectivity index (χ2v) is 5.76. The van der Waals surface area contributed by atoms with Crippen LogP contribution in [0, 0.1) is 0 Å². The summed E-state index contributed by atoms with van der Waals surface area (Å²) in [6.07, 6.45) is 1.28. The predicted molar refractivity (Wildman–Crippen MR) is 77.0 cm³/mol. The van der Waals surface area contributed by atoms with Crippen LogP contribution in [0.3, 0.4) is 0 Å². The number of aliphatic hydroxyl groups excluding tert-OH is 1. The average Bonchev–Trinajstić information content (AvgIpc) is 2.28. The molecule has 0 aliphatic rings. The molecule has 1 rings (SSSR count). The lowest BCUT2D eigenvalue weighted by Crippen LogP contribution is -2.46. The van der Waals surface area contributed by atoms with Gasteiger partial charge in [-0.05, 0) is 53.9 Å². The maximum Gasteiger partial charge on any atom is 0.252 e. The zero-order valence-electron chi connectivity index (χ0n) is 10.5. The van der Waals surface area contributed by atoms with Crippen LogP contribution in [0.2, 0.25) is 5.02 Å². The highest BCUT2D eigenvalue weighted by molar-refractivity contribution is 9.10. The van der Waals surface area contributed by atoms with Gasteiger partial charge in [-0.3, -0.25) is 4.79 Å². The van der Waals surface area contributed by atoms with Gasteiger partial charge in [-0.15, -0.1) is 0 Å². The molecular weight excluding hydrogens is 318 g/mol. The molecule has 0 aromatic heterocycles. The molecule has 0 aliphatic heterocycles. The minimum absolute atomic E-state index is 0.0480. The van der Waals surface area contributed by atoms with E-state index in [-0.39, 0.29) is 12.5 Å². The molecule has 18 heavy (non-hydrogen) atoms. The minimum atomic E-state index is -0.398. The van der Waals surface area contributed by atoms with Crippen LogP contribution in [0.4, 0.5) is 0 Å². The molecule has 0 saturated carbocycles. The molecule has 100 valence electrons. The second-order valence-electron chi connectivity index (χ2n) is 4.47. The number of carbonyl (C=O) groups excluding carboxylic acids is 1. The first-order chi connectivity index (χ1) is 8.41. The third kappa shape index (κ3) is 3.97. The number of aliphatic hydroxyl groups is 1. The Kier molecular flexibility index (Phi) is 5.63. The summed E-state index contributed by atoms with van der Waals surface area (Å²) in [6, 6.07) is 5.04. The van der Waals surface area contributed by atoms with E-state index in [1.807, 2.05) is 13.8 Å². The van der Waals surface area contributed by atoms with Crippen molar-refractivity contribution < 1.29 is 9.90 Å². The topological polar surface area (TPSA) is 49.3 Å². The summed E-state index contributed by atoms with van der Waals surface area (Å²) in [5.41, 5.74) is 0.141. The van der Waals surface area contributed by atoms with Gasteiger partial charge in [0.15, 0.2) is 0 Å². The molecule has 5 heteroatoms. The summed E-state index contributed by atoms with van der Waals surface area (Å²) in [6.45, 7) is 3.95. The van der Waals surface area contributed by atoms with Crippen molar-refractivity contribution in [1.82, 2.24) is 5.32 Å². The molecule has 1 unspecified atom stereocenters. The Balaban J connectivity index is 2.87. The SMILES string of the molecule is CCC(C)(CCO)NC(=O)c1ccc(Cl)cc1Br. The summed E-state index contributed by atoms with van der Waals surface area (Å²) in [4.78, 5) is 12.2. The fourth-order valence-corrected chi connectivity index (χ4v) is 2.45. The zero-order valence-corrected chi connectivity index (χ0v) is 12.8. The smallest absolute Gasteiger partial charge is 0.252 e. The first-order valence-electron chi connectivity index (χ1n) is 5.80. The molecule has 1 aromatic carbocycles. The standard InChI is InChI=1S/C13H17BrClNO2/c1-3-13(2,6-7-17)16-12(18)10-5-4-9(15)8-11(10)14/h4-5,8,17H,3,6-7H2,1-2H3,(H,16,18). The molecule has 0 aliphatic carbocycles. The third-order valence-corrected chi connectivity index (χ3v) is 3.93. The van der Waals surface area contributed by atoms with E-state index in [1.54, 1.807) is 18.2 Å². The van der Waals surface area contributed by atoms with Crippen LogP contribution in [0.25, 0.3) is 0 Å². The summed E-state index contributed by atoms with van der Waals surface area (Å²) >= 11 is 9.16. The monoisotopic (exact) mass is 333 g/mol. The van der Waals surface area contributed by atoms with E-state index in [2.05, 4.69) is 21.2 Å². The number of hydrogen-bond acceptors (Lipinski definition) is 2. The third-order valence-electron chi connectivity index (χ3n) is 3.03. The number of amides is 1. The zero-order chi connectivity index (χ0) is 13.8. The van der Waals surface area contributed by atoms with E-state index in [0.29, 0.717) is 21.5 Å². The highest BCUT2D eigenvalue weighted by Crippen LogP contribution is 2.23. The fraction of sp³-hybridized carbons (Fsp3) is 0.462. The van der Waals surface area contributed by atoms with E-state index in [9.17, 15) is 4.79 Å². The van der Waals surface area contributed by atoms with E-state index >= 15 is 0 Å². The van der Waals surface area contributed by atoms with Crippen molar-refractivity contribution in [2.45, 2.75) is 32.2 Å². The van der Waals surface area contributed by atoms with Crippen LogP contribution in [0.5, 0.6) is 0 Å². The van der Waals surface area contributed by atoms with Gasteiger partial charge in [-0.1, -0.05) is 18.5 Å². The molecular formula is C13H17BrClNO2. The number of rotatable bonds is 5. The summed E-state index contributed by atoms with van der Waals surface area (Å²) in [5.74, 6) is -0.170. The number of carbonyl (C=O) groups is 1. The summed E-state index contributed by atoms with van der Waals surface area (Å²) < 4.78 is 0.662. The Morgan fingerprint density at radius 2 is 2.22 bits per heavy atom. The lowest BCUT2D eigenvalue weighted by atomic mass is 9.94. The van der Waals surface area contributed by atoms with E-state index in [1.165, 1.54) is 0 Å². The molecule has 0 saturated heterocycles. The highest BCUT2D eigenvalue weighted by Gasteiger charge is 2.24. The number of nitrogens with one attached hydrogen (secondary N) is 1. The van der Waals surface area contributed by atoms with E-state index < -0.39 is 5.54 Å². The van der Waals surface area contributed by atoms with Crippen LogP contribution in [0.1, 0.15) is 37.0 Å². The van der Waals surface area contributed by atoms with E-state index in [0.717, 1.165) is 6.42 Å². The average molecular weight is 335 g/mol. The van der Waals surface area contributed by atoms with Gasteiger partial charge < -0.3 is 10.4 Å². The van der Waals surface area contributed by atoms with Crippen LogP contribution >= 0.6 is 27.5 Å². The van der Waals surface area contributed by atoms with Gasteiger partial charge in [0, 0.05) is 21.6 Å². The molecule has 2 N–H and O–H groups in total. The normalized spacial score (nSPS) is 14.1. The van der Waals surface area contributed by atoms with Gasteiger partial charge in [0.1, 0.15) is 0 Å². The second kappa shape index (κ2) is 6.55. The lowest BCUT2D eigenvalue weighted by Gasteiger charge is -2.29. The lowest BCUT2D eigenvalue weighted by molar-refractivity contribution is 0.0885. The van der Waals surface area contributed by atoms with Crippen molar-refractivity contribution in [3.63, 3.8) is 0 Å². The molecule has 0 radical (unpaired) electrons. The molecule has 1 atom stereocenters. The number of hydrogen-bond donors (Lipinski definition) is 2. The predicted octanol–water partition coefficient (Wildman–Crippen LogP) is 3.38. The molecule has 0 heterocycles. The number of benzene rings is 1. The first kappa shape index (κ1) is 15.5. The van der Waals surface area contributed by atoms with Crippen molar-refractivity contribution in [1.29, 1.82) is 0 Å². The molecule has 1 amide bonds. The number of halogens is 2. The van der Waals surface area contributed by atoms with Crippen LogP contribution in [-0.4, -0.2) is 23.2 Å². The van der Waals surface area contributed by atoms with Crippen molar-refractivity contribution in [2.75, 3.05) is 6.61 Å². The Bertz CT molecular complexity index is 439. The largest absolute Gasteiger partial charge is 0.396 e. The highest BCUT2D eigenvalue weighted by atomic mass is 79.9. The van der Waals surface area contributed by atoms with Gasteiger partial charge in [0.2, 0.25) is 0 Å². The fourth-order valence-electron chi connectivity index (χ4n) is 1.59. The maximum absolute atomic E-state index is 12.2. The van der Waals surface area contributed by atoms with Gasteiger partial charge in [0.05, 0.1) is 5.56 Å². The quantitative estimate of drug-likeness (QED) is 0.867. The van der Waals surface area contributed by atoms with Crippen molar-refractivity contribution in [3.05, 3.63) is 33.3 Å². The molecule has 0 fully saturated rings.